The maximum Gasteiger partial charge on any atom is 0.309 e. The molecule has 16 heavy (non-hydrogen) atoms. The Morgan fingerprint density at radius 1 is 1.62 bits per heavy atom. The molecule has 0 radical (unpaired) electrons. The van der Waals surface area contributed by atoms with Crippen LogP contribution in [-0.4, -0.2) is 24.3 Å². The molecule has 4 atom stereocenters. The van der Waals surface area contributed by atoms with Crippen molar-refractivity contribution in [2.45, 2.75) is 58.2 Å². The number of carbonyl (C=O) groups is 1. The van der Waals surface area contributed by atoms with Crippen LogP contribution in [0.25, 0.3) is 0 Å². The molecular weight excluding hydrogens is 204 g/mol. The van der Waals surface area contributed by atoms with Crippen molar-refractivity contribution in [3.63, 3.8) is 0 Å². The normalized spacial score (nSPS) is 38.7. The van der Waals surface area contributed by atoms with E-state index in [1.165, 1.54) is 0 Å². The van der Waals surface area contributed by atoms with E-state index in [0.717, 1.165) is 25.7 Å². The molecule has 0 bridgehead atoms. The third-order valence-electron chi connectivity index (χ3n) is 4.06. The van der Waals surface area contributed by atoms with Gasteiger partial charge in [-0.2, -0.15) is 0 Å². The Morgan fingerprint density at radius 3 is 3.00 bits per heavy atom. The second-order valence-electron chi connectivity index (χ2n) is 5.53. The Morgan fingerprint density at radius 2 is 2.38 bits per heavy atom. The Labute approximate surface area is 97.5 Å². The molecule has 1 heterocycles. The van der Waals surface area contributed by atoms with Gasteiger partial charge in [0.1, 0.15) is 0 Å². The predicted molar refractivity (Wildman–Crippen MR) is 61.0 cm³/mol. The minimum Gasteiger partial charge on any atom is -0.465 e. The molecule has 0 aromatic heterocycles. The van der Waals surface area contributed by atoms with Crippen molar-refractivity contribution in [3.05, 3.63) is 0 Å². The summed E-state index contributed by atoms with van der Waals surface area (Å²) in [7, 11) is 0. The number of hydrogen-bond acceptors (Lipinski definition) is 3. The first-order chi connectivity index (χ1) is 7.55. The molecule has 1 saturated heterocycles. The van der Waals surface area contributed by atoms with Crippen LogP contribution in [0.4, 0.5) is 0 Å². The molecule has 0 aromatic rings. The zero-order valence-corrected chi connectivity index (χ0v) is 10.5. The lowest BCUT2D eigenvalue weighted by Crippen LogP contribution is -2.28. The molecular formula is C13H22O3. The average Bonchev–Trinajstić information content (AvgIpc) is 2.95. The largest absolute Gasteiger partial charge is 0.465 e. The van der Waals surface area contributed by atoms with Crippen molar-refractivity contribution in [3.8, 4) is 0 Å². The highest BCUT2D eigenvalue weighted by Crippen LogP contribution is 2.49. The highest BCUT2D eigenvalue weighted by atomic mass is 16.6. The first-order valence-corrected chi connectivity index (χ1v) is 6.39. The number of esters is 1. The summed E-state index contributed by atoms with van der Waals surface area (Å²) in [6, 6.07) is 0. The maximum absolute atomic E-state index is 11.8. The molecule has 4 unspecified atom stereocenters. The molecule has 0 N–H and O–H groups in total. The van der Waals surface area contributed by atoms with E-state index in [9.17, 15) is 4.79 Å². The topological polar surface area (TPSA) is 38.8 Å². The summed E-state index contributed by atoms with van der Waals surface area (Å²) < 4.78 is 10.9. The first kappa shape index (κ1) is 11.9. The lowest BCUT2D eigenvalue weighted by molar-refractivity contribution is -0.150. The molecule has 3 heteroatoms. The van der Waals surface area contributed by atoms with Crippen molar-refractivity contribution in [2.75, 3.05) is 6.61 Å². The predicted octanol–water partition coefficient (Wildman–Crippen LogP) is 2.53. The monoisotopic (exact) mass is 226 g/mol. The summed E-state index contributed by atoms with van der Waals surface area (Å²) >= 11 is 0. The minimum atomic E-state index is -0.0159. The zero-order valence-electron chi connectivity index (χ0n) is 10.5. The highest BCUT2D eigenvalue weighted by molar-refractivity contribution is 5.72. The Balaban J connectivity index is 1.74. The van der Waals surface area contributed by atoms with E-state index >= 15 is 0 Å². The smallest absolute Gasteiger partial charge is 0.309 e. The van der Waals surface area contributed by atoms with E-state index in [4.69, 9.17) is 9.47 Å². The van der Waals surface area contributed by atoms with Crippen LogP contribution in [-0.2, 0) is 14.3 Å². The molecule has 2 rings (SSSR count). The summed E-state index contributed by atoms with van der Waals surface area (Å²) in [5, 5.41) is 0. The summed E-state index contributed by atoms with van der Waals surface area (Å²) in [6.07, 6.45) is 4.15. The van der Waals surface area contributed by atoms with Crippen LogP contribution < -0.4 is 0 Å². The van der Waals surface area contributed by atoms with Gasteiger partial charge in [0, 0.05) is 0 Å². The number of carbonyl (C=O) groups excluding carboxylic acids is 1. The molecule has 0 amide bonds. The van der Waals surface area contributed by atoms with Crippen LogP contribution in [0.1, 0.15) is 46.5 Å². The van der Waals surface area contributed by atoms with E-state index in [2.05, 4.69) is 20.8 Å². The number of rotatable bonds is 4. The van der Waals surface area contributed by atoms with Gasteiger partial charge in [-0.3, -0.25) is 4.79 Å². The third kappa shape index (κ3) is 2.40. The van der Waals surface area contributed by atoms with Crippen molar-refractivity contribution >= 4 is 5.97 Å². The molecule has 0 spiro atoms. The van der Waals surface area contributed by atoms with Gasteiger partial charge in [-0.1, -0.05) is 20.3 Å². The van der Waals surface area contributed by atoms with Crippen molar-refractivity contribution in [2.24, 2.45) is 11.8 Å². The quantitative estimate of drug-likeness (QED) is 0.546. The molecule has 1 aliphatic heterocycles. The molecule has 92 valence electrons. The summed E-state index contributed by atoms with van der Waals surface area (Å²) in [5.41, 5.74) is 0.0908. The fourth-order valence-corrected chi connectivity index (χ4v) is 2.32. The number of epoxide rings is 1. The maximum atomic E-state index is 11.8. The summed E-state index contributed by atoms with van der Waals surface area (Å²) in [6.45, 7) is 6.92. The number of ether oxygens (including phenoxy) is 2. The molecule has 2 aliphatic rings. The summed E-state index contributed by atoms with van der Waals surface area (Å²) in [4.78, 5) is 11.8. The molecule has 3 nitrogen and oxygen atoms in total. The van der Waals surface area contributed by atoms with E-state index in [-0.39, 0.29) is 17.5 Å². The van der Waals surface area contributed by atoms with Gasteiger partial charge in [-0.25, -0.2) is 0 Å². The average molecular weight is 226 g/mol. The van der Waals surface area contributed by atoms with Gasteiger partial charge >= 0.3 is 5.97 Å². The van der Waals surface area contributed by atoms with Gasteiger partial charge in [0.2, 0.25) is 0 Å². The van der Waals surface area contributed by atoms with Crippen LogP contribution >= 0.6 is 0 Å². The summed E-state index contributed by atoms with van der Waals surface area (Å²) in [5.74, 6) is 0.525. The number of hydrogen-bond donors (Lipinski definition) is 0. The fraction of sp³-hybridized carbons (Fsp3) is 0.923. The van der Waals surface area contributed by atoms with E-state index in [0.29, 0.717) is 18.6 Å². The lowest BCUT2D eigenvalue weighted by Gasteiger charge is -2.21. The number of fused-ring (bicyclic) bond motifs is 1. The molecule has 0 aromatic carbocycles. The Bertz CT molecular complexity index is 276. The minimum absolute atomic E-state index is 0.0159. The van der Waals surface area contributed by atoms with Crippen molar-refractivity contribution in [1.82, 2.24) is 0 Å². The van der Waals surface area contributed by atoms with E-state index in [1.807, 2.05) is 0 Å². The van der Waals surface area contributed by atoms with Gasteiger partial charge in [0.25, 0.3) is 0 Å². The van der Waals surface area contributed by atoms with Crippen LogP contribution in [0.2, 0.25) is 0 Å². The Hall–Kier alpha value is -0.570. The SMILES string of the molecule is CCC(C)COC(=O)C1CCC2(C)OC2C1. The van der Waals surface area contributed by atoms with E-state index < -0.39 is 0 Å². The van der Waals surface area contributed by atoms with Crippen LogP contribution in [0.5, 0.6) is 0 Å². The lowest BCUT2D eigenvalue weighted by atomic mass is 9.83. The van der Waals surface area contributed by atoms with E-state index in [1.54, 1.807) is 0 Å². The standard InChI is InChI=1S/C13H22O3/c1-4-9(2)8-15-12(14)10-5-6-13(3)11(7-10)16-13/h9-11H,4-8H2,1-3H3. The van der Waals surface area contributed by atoms with Gasteiger partial charge in [-0.05, 0) is 32.1 Å². The highest BCUT2D eigenvalue weighted by Gasteiger charge is 2.56. The molecule has 1 saturated carbocycles. The van der Waals surface area contributed by atoms with Crippen LogP contribution in [0.15, 0.2) is 0 Å². The van der Waals surface area contributed by atoms with Gasteiger partial charge < -0.3 is 9.47 Å². The molecule has 2 fully saturated rings. The van der Waals surface area contributed by atoms with Crippen molar-refractivity contribution < 1.29 is 14.3 Å². The zero-order chi connectivity index (χ0) is 11.8. The van der Waals surface area contributed by atoms with Gasteiger partial charge in [0.15, 0.2) is 0 Å². The second-order valence-corrected chi connectivity index (χ2v) is 5.53. The van der Waals surface area contributed by atoms with Crippen LogP contribution in [0, 0.1) is 11.8 Å². The first-order valence-electron chi connectivity index (χ1n) is 6.39. The third-order valence-corrected chi connectivity index (χ3v) is 4.06. The Kier molecular flexibility index (Phi) is 3.24. The molecule has 1 aliphatic carbocycles. The van der Waals surface area contributed by atoms with Gasteiger partial charge in [-0.15, -0.1) is 0 Å². The van der Waals surface area contributed by atoms with Crippen molar-refractivity contribution in [1.29, 1.82) is 0 Å². The van der Waals surface area contributed by atoms with Crippen LogP contribution in [0.3, 0.4) is 0 Å². The fourth-order valence-electron chi connectivity index (χ4n) is 2.32. The van der Waals surface area contributed by atoms with Gasteiger partial charge in [0.05, 0.1) is 24.2 Å². The second kappa shape index (κ2) is 4.36.